The molecule has 29 heavy (non-hydrogen) atoms. The van der Waals surface area contributed by atoms with Gasteiger partial charge in [0, 0.05) is 44.5 Å². The lowest BCUT2D eigenvalue weighted by Gasteiger charge is -2.36. The number of hydrogen-bond acceptors (Lipinski definition) is 4. The fourth-order valence-electron chi connectivity index (χ4n) is 3.32. The van der Waals surface area contributed by atoms with Crippen molar-refractivity contribution in [2.24, 2.45) is 0 Å². The zero-order chi connectivity index (χ0) is 20.5. The smallest absolute Gasteiger partial charge is 0.257 e. The molecule has 1 heterocycles. The number of unbranched alkanes of at least 4 members (excludes halogenated alkanes) is 1. The molecule has 0 saturated carbocycles. The molecule has 1 amide bonds. The van der Waals surface area contributed by atoms with E-state index in [2.05, 4.69) is 45.4 Å². The summed E-state index contributed by atoms with van der Waals surface area (Å²) in [6, 6.07) is 15.5. The Hall–Kier alpha value is -1.95. The molecule has 1 fully saturated rings. The summed E-state index contributed by atoms with van der Waals surface area (Å²) in [5, 5.41) is 3.77. The van der Waals surface area contributed by atoms with Gasteiger partial charge >= 0.3 is 0 Å². The van der Waals surface area contributed by atoms with Crippen molar-refractivity contribution < 1.29 is 9.53 Å². The van der Waals surface area contributed by atoms with E-state index < -0.39 is 0 Å². The minimum Gasteiger partial charge on any atom is -0.484 e. The van der Waals surface area contributed by atoms with Gasteiger partial charge in [0.25, 0.3) is 5.91 Å². The van der Waals surface area contributed by atoms with Crippen molar-refractivity contribution in [3.05, 3.63) is 58.6 Å². The normalized spacial score (nSPS) is 14.6. The van der Waals surface area contributed by atoms with Crippen molar-refractivity contribution >= 4 is 34.8 Å². The molecular formula is C22H27Cl2N3O2. The number of para-hydroxylation sites is 1. The Kier molecular flexibility index (Phi) is 8.47. The van der Waals surface area contributed by atoms with Crippen LogP contribution in [0.15, 0.2) is 48.5 Å². The van der Waals surface area contributed by atoms with Crippen LogP contribution in [0.4, 0.5) is 5.69 Å². The lowest BCUT2D eigenvalue weighted by molar-refractivity contribution is -0.123. The quantitative estimate of drug-likeness (QED) is 0.602. The average Bonchev–Trinajstić information content (AvgIpc) is 2.75. The van der Waals surface area contributed by atoms with Crippen molar-refractivity contribution in [2.75, 3.05) is 50.8 Å². The molecule has 0 radical (unpaired) electrons. The van der Waals surface area contributed by atoms with Gasteiger partial charge in [0.15, 0.2) is 6.61 Å². The highest BCUT2D eigenvalue weighted by Gasteiger charge is 2.16. The lowest BCUT2D eigenvalue weighted by Crippen LogP contribution is -2.46. The van der Waals surface area contributed by atoms with Crippen LogP contribution < -0.4 is 15.0 Å². The third-order valence-electron chi connectivity index (χ3n) is 4.98. The molecule has 1 aliphatic heterocycles. The Bertz CT molecular complexity index is 781. The Balaban J connectivity index is 1.24. The van der Waals surface area contributed by atoms with E-state index in [9.17, 15) is 4.79 Å². The van der Waals surface area contributed by atoms with Gasteiger partial charge in [-0.3, -0.25) is 9.69 Å². The highest BCUT2D eigenvalue weighted by atomic mass is 35.5. The number of carbonyl (C=O) groups is 1. The maximum atomic E-state index is 11.9. The second-order valence-corrected chi connectivity index (χ2v) is 7.90. The summed E-state index contributed by atoms with van der Waals surface area (Å²) in [5.74, 6) is 0.400. The number of ether oxygens (including phenoxy) is 1. The average molecular weight is 436 g/mol. The predicted octanol–water partition coefficient (Wildman–Crippen LogP) is 4.09. The topological polar surface area (TPSA) is 44.8 Å². The standard InChI is InChI=1S/C22H27Cl2N3O2/c23-20-9-8-19(16-21(20)24)29-17-22(28)25-10-4-5-11-26-12-14-27(15-13-26)18-6-2-1-3-7-18/h1-3,6-9,16H,4-5,10-15,17H2,(H,25,28). The van der Waals surface area contributed by atoms with Crippen LogP contribution in [0.25, 0.3) is 0 Å². The van der Waals surface area contributed by atoms with Gasteiger partial charge in [-0.05, 0) is 43.7 Å². The third-order valence-corrected chi connectivity index (χ3v) is 5.72. The fraction of sp³-hybridized carbons (Fsp3) is 0.409. The molecule has 5 nitrogen and oxygen atoms in total. The van der Waals surface area contributed by atoms with E-state index in [0.717, 1.165) is 45.6 Å². The molecule has 2 aromatic rings. The van der Waals surface area contributed by atoms with Gasteiger partial charge in [0.05, 0.1) is 10.0 Å². The highest BCUT2D eigenvalue weighted by molar-refractivity contribution is 6.42. The molecule has 0 aromatic heterocycles. The second kappa shape index (κ2) is 11.3. The van der Waals surface area contributed by atoms with Gasteiger partial charge in [0.2, 0.25) is 0 Å². The first-order chi connectivity index (χ1) is 14.1. The Morgan fingerprint density at radius 1 is 0.966 bits per heavy atom. The number of hydrogen-bond donors (Lipinski definition) is 1. The highest BCUT2D eigenvalue weighted by Crippen LogP contribution is 2.26. The molecule has 156 valence electrons. The van der Waals surface area contributed by atoms with Gasteiger partial charge in [-0.25, -0.2) is 0 Å². The first-order valence-electron chi connectivity index (χ1n) is 9.99. The molecule has 7 heteroatoms. The molecule has 0 spiro atoms. The minimum absolute atomic E-state index is 0.0284. The zero-order valence-corrected chi connectivity index (χ0v) is 18.0. The molecule has 1 saturated heterocycles. The number of benzene rings is 2. The summed E-state index contributed by atoms with van der Waals surface area (Å²) in [4.78, 5) is 16.8. The molecule has 1 N–H and O–H groups in total. The molecule has 0 atom stereocenters. The number of nitrogens with one attached hydrogen (secondary N) is 1. The summed E-state index contributed by atoms with van der Waals surface area (Å²) >= 11 is 11.8. The number of piperazine rings is 1. The van der Waals surface area contributed by atoms with Gasteiger partial charge in [0.1, 0.15) is 5.75 Å². The van der Waals surface area contributed by atoms with Crippen LogP contribution in [-0.4, -0.2) is 56.7 Å². The number of halogens is 2. The monoisotopic (exact) mass is 435 g/mol. The largest absolute Gasteiger partial charge is 0.484 e. The Labute approximate surface area is 182 Å². The summed E-state index contributed by atoms with van der Waals surface area (Å²) in [5.41, 5.74) is 1.30. The number of nitrogens with zero attached hydrogens (tertiary/aromatic N) is 2. The van der Waals surface area contributed by atoms with Crippen molar-refractivity contribution in [1.29, 1.82) is 0 Å². The first kappa shape index (κ1) is 21.8. The van der Waals surface area contributed by atoms with Crippen LogP contribution in [0.3, 0.4) is 0 Å². The van der Waals surface area contributed by atoms with E-state index in [1.165, 1.54) is 5.69 Å². The van der Waals surface area contributed by atoms with E-state index in [1.54, 1.807) is 18.2 Å². The molecule has 1 aliphatic rings. The maximum absolute atomic E-state index is 11.9. The molecule has 3 rings (SSSR count). The maximum Gasteiger partial charge on any atom is 0.257 e. The van der Waals surface area contributed by atoms with E-state index >= 15 is 0 Å². The molecule has 0 bridgehead atoms. The third kappa shape index (κ3) is 7.11. The fourth-order valence-corrected chi connectivity index (χ4v) is 3.61. The van der Waals surface area contributed by atoms with Gasteiger partial charge < -0.3 is 15.0 Å². The lowest BCUT2D eigenvalue weighted by atomic mass is 10.2. The Morgan fingerprint density at radius 3 is 2.45 bits per heavy atom. The van der Waals surface area contributed by atoms with Crippen LogP contribution >= 0.6 is 23.2 Å². The zero-order valence-electron chi connectivity index (χ0n) is 16.4. The van der Waals surface area contributed by atoms with Crippen LogP contribution in [-0.2, 0) is 4.79 Å². The van der Waals surface area contributed by atoms with Crippen molar-refractivity contribution in [2.45, 2.75) is 12.8 Å². The number of anilines is 1. The van der Waals surface area contributed by atoms with Crippen LogP contribution in [0, 0.1) is 0 Å². The Morgan fingerprint density at radius 2 is 1.72 bits per heavy atom. The van der Waals surface area contributed by atoms with E-state index in [0.29, 0.717) is 22.3 Å². The summed E-state index contributed by atoms with van der Waals surface area (Å²) in [6.45, 7) is 5.99. The summed E-state index contributed by atoms with van der Waals surface area (Å²) < 4.78 is 5.43. The SMILES string of the molecule is O=C(COc1ccc(Cl)c(Cl)c1)NCCCCN1CCN(c2ccccc2)CC1. The first-order valence-corrected chi connectivity index (χ1v) is 10.7. The summed E-state index contributed by atoms with van der Waals surface area (Å²) in [6.07, 6.45) is 2.02. The number of rotatable bonds is 9. The molecule has 2 aromatic carbocycles. The number of carbonyl (C=O) groups excluding carboxylic acids is 1. The van der Waals surface area contributed by atoms with E-state index in [1.807, 2.05) is 0 Å². The van der Waals surface area contributed by atoms with Crippen molar-refractivity contribution in [1.82, 2.24) is 10.2 Å². The van der Waals surface area contributed by atoms with Crippen LogP contribution in [0.2, 0.25) is 10.0 Å². The van der Waals surface area contributed by atoms with Crippen LogP contribution in [0.5, 0.6) is 5.75 Å². The van der Waals surface area contributed by atoms with Gasteiger partial charge in [-0.2, -0.15) is 0 Å². The van der Waals surface area contributed by atoms with Crippen LogP contribution in [0.1, 0.15) is 12.8 Å². The molecule has 0 aliphatic carbocycles. The summed E-state index contributed by atoms with van der Waals surface area (Å²) in [7, 11) is 0. The predicted molar refractivity (Wildman–Crippen MR) is 119 cm³/mol. The van der Waals surface area contributed by atoms with Crippen molar-refractivity contribution in [3.8, 4) is 5.75 Å². The minimum atomic E-state index is -0.132. The molecule has 0 unspecified atom stereocenters. The van der Waals surface area contributed by atoms with Gasteiger partial charge in [-0.1, -0.05) is 41.4 Å². The number of amides is 1. The van der Waals surface area contributed by atoms with Gasteiger partial charge in [-0.15, -0.1) is 0 Å². The molecular weight excluding hydrogens is 409 g/mol. The van der Waals surface area contributed by atoms with E-state index in [4.69, 9.17) is 27.9 Å². The second-order valence-electron chi connectivity index (χ2n) is 7.09. The van der Waals surface area contributed by atoms with Crippen molar-refractivity contribution in [3.63, 3.8) is 0 Å². The van der Waals surface area contributed by atoms with E-state index in [-0.39, 0.29) is 12.5 Å².